The SMILES string of the molecule is CCn1ccc(NC(=O)c2cn(-c3cccc(C(F)(F)F)c3)cn2)n1. The Morgan fingerprint density at radius 1 is 1.28 bits per heavy atom. The Labute approximate surface area is 140 Å². The van der Waals surface area contributed by atoms with Crippen molar-refractivity contribution in [2.75, 3.05) is 5.32 Å². The van der Waals surface area contributed by atoms with E-state index in [1.807, 2.05) is 6.92 Å². The molecule has 1 aromatic carbocycles. The van der Waals surface area contributed by atoms with Gasteiger partial charge in [0, 0.05) is 30.7 Å². The number of alkyl halides is 3. The monoisotopic (exact) mass is 349 g/mol. The predicted molar refractivity (Wildman–Crippen MR) is 84.4 cm³/mol. The minimum atomic E-state index is -4.44. The number of nitrogens with one attached hydrogen (secondary N) is 1. The van der Waals surface area contributed by atoms with Crippen LogP contribution in [-0.4, -0.2) is 25.2 Å². The molecule has 0 aliphatic carbocycles. The molecule has 1 amide bonds. The number of rotatable bonds is 4. The van der Waals surface area contributed by atoms with Crippen molar-refractivity contribution >= 4 is 11.7 Å². The van der Waals surface area contributed by atoms with E-state index >= 15 is 0 Å². The van der Waals surface area contributed by atoms with Crippen molar-refractivity contribution in [2.24, 2.45) is 0 Å². The van der Waals surface area contributed by atoms with Gasteiger partial charge in [0.05, 0.1) is 5.56 Å². The third-order valence-electron chi connectivity index (χ3n) is 3.49. The van der Waals surface area contributed by atoms with Crippen LogP contribution >= 0.6 is 0 Å². The Hall–Kier alpha value is -3.10. The molecule has 3 aromatic rings. The second-order valence-electron chi connectivity index (χ2n) is 5.23. The Morgan fingerprint density at radius 2 is 2.08 bits per heavy atom. The number of amides is 1. The number of hydrogen-bond acceptors (Lipinski definition) is 3. The van der Waals surface area contributed by atoms with E-state index in [9.17, 15) is 18.0 Å². The van der Waals surface area contributed by atoms with Crippen molar-refractivity contribution in [3.63, 3.8) is 0 Å². The smallest absolute Gasteiger partial charge is 0.305 e. The van der Waals surface area contributed by atoms with Crippen molar-refractivity contribution in [2.45, 2.75) is 19.6 Å². The van der Waals surface area contributed by atoms with Crippen LogP contribution in [0.3, 0.4) is 0 Å². The van der Waals surface area contributed by atoms with Gasteiger partial charge in [0.25, 0.3) is 5.91 Å². The number of anilines is 1. The molecule has 0 saturated heterocycles. The van der Waals surface area contributed by atoms with Gasteiger partial charge in [-0.3, -0.25) is 9.48 Å². The molecule has 0 unspecified atom stereocenters. The Morgan fingerprint density at radius 3 is 2.76 bits per heavy atom. The molecule has 25 heavy (non-hydrogen) atoms. The summed E-state index contributed by atoms with van der Waals surface area (Å²) in [6.45, 7) is 2.58. The van der Waals surface area contributed by atoms with Gasteiger partial charge in [0.15, 0.2) is 5.82 Å². The summed E-state index contributed by atoms with van der Waals surface area (Å²) in [7, 11) is 0. The second kappa shape index (κ2) is 6.42. The van der Waals surface area contributed by atoms with Crippen LogP contribution in [0.1, 0.15) is 23.0 Å². The molecular formula is C16H14F3N5O. The van der Waals surface area contributed by atoms with Crippen LogP contribution in [0.2, 0.25) is 0 Å². The summed E-state index contributed by atoms with van der Waals surface area (Å²) < 4.78 is 41.4. The first-order chi connectivity index (χ1) is 11.9. The lowest BCUT2D eigenvalue weighted by molar-refractivity contribution is -0.137. The molecule has 2 heterocycles. The Bertz CT molecular complexity index is 897. The van der Waals surface area contributed by atoms with Crippen LogP contribution in [0.15, 0.2) is 49.1 Å². The first-order valence-corrected chi connectivity index (χ1v) is 7.43. The molecular weight excluding hydrogens is 335 g/mol. The zero-order chi connectivity index (χ0) is 18.0. The first-order valence-electron chi connectivity index (χ1n) is 7.43. The molecule has 130 valence electrons. The van der Waals surface area contributed by atoms with Gasteiger partial charge < -0.3 is 9.88 Å². The van der Waals surface area contributed by atoms with Crippen molar-refractivity contribution in [1.29, 1.82) is 0 Å². The van der Waals surface area contributed by atoms with Gasteiger partial charge in [-0.2, -0.15) is 18.3 Å². The van der Waals surface area contributed by atoms with Crippen molar-refractivity contribution in [3.8, 4) is 5.69 Å². The van der Waals surface area contributed by atoms with E-state index in [1.165, 1.54) is 29.2 Å². The van der Waals surface area contributed by atoms with Crippen LogP contribution < -0.4 is 5.32 Å². The van der Waals surface area contributed by atoms with Gasteiger partial charge in [-0.1, -0.05) is 6.07 Å². The van der Waals surface area contributed by atoms with E-state index in [1.54, 1.807) is 16.9 Å². The fourth-order valence-corrected chi connectivity index (χ4v) is 2.21. The zero-order valence-corrected chi connectivity index (χ0v) is 13.2. The fraction of sp³-hybridized carbons (Fsp3) is 0.188. The lowest BCUT2D eigenvalue weighted by atomic mass is 10.2. The van der Waals surface area contributed by atoms with Gasteiger partial charge in [0.1, 0.15) is 12.0 Å². The molecule has 0 aliphatic heterocycles. The third-order valence-corrected chi connectivity index (χ3v) is 3.49. The average Bonchev–Trinajstić information content (AvgIpc) is 3.23. The summed E-state index contributed by atoms with van der Waals surface area (Å²) in [5, 5.41) is 6.71. The van der Waals surface area contributed by atoms with Crippen molar-refractivity contribution < 1.29 is 18.0 Å². The number of nitrogens with zero attached hydrogens (tertiary/aromatic N) is 4. The van der Waals surface area contributed by atoms with Crippen molar-refractivity contribution in [1.82, 2.24) is 19.3 Å². The number of aryl methyl sites for hydroxylation is 1. The minimum absolute atomic E-state index is 0.0726. The van der Waals surface area contributed by atoms with E-state index in [0.717, 1.165) is 12.1 Å². The summed E-state index contributed by atoms with van der Waals surface area (Å²) in [6.07, 6.45) is -0.0670. The van der Waals surface area contributed by atoms with Gasteiger partial charge in [-0.05, 0) is 25.1 Å². The molecule has 0 bridgehead atoms. The summed E-state index contributed by atoms with van der Waals surface area (Å²) in [6, 6.07) is 6.42. The molecule has 1 N–H and O–H groups in total. The van der Waals surface area contributed by atoms with E-state index in [2.05, 4.69) is 15.4 Å². The lowest BCUT2D eigenvalue weighted by Gasteiger charge is -2.08. The van der Waals surface area contributed by atoms with Gasteiger partial charge in [0.2, 0.25) is 0 Å². The highest BCUT2D eigenvalue weighted by Crippen LogP contribution is 2.30. The highest BCUT2D eigenvalue weighted by atomic mass is 19.4. The molecule has 6 nitrogen and oxygen atoms in total. The van der Waals surface area contributed by atoms with Gasteiger partial charge >= 0.3 is 6.18 Å². The summed E-state index contributed by atoms with van der Waals surface area (Å²) in [4.78, 5) is 16.1. The molecule has 0 radical (unpaired) electrons. The van der Waals surface area contributed by atoms with E-state index in [-0.39, 0.29) is 11.4 Å². The lowest BCUT2D eigenvalue weighted by Crippen LogP contribution is -2.13. The summed E-state index contributed by atoms with van der Waals surface area (Å²) >= 11 is 0. The molecule has 0 saturated carbocycles. The largest absolute Gasteiger partial charge is 0.416 e. The zero-order valence-electron chi connectivity index (χ0n) is 13.2. The topological polar surface area (TPSA) is 64.7 Å². The minimum Gasteiger partial charge on any atom is -0.305 e. The van der Waals surface area contributed by atoms with Crippen LogP contribution in [0.5, 0.6) is 0 Å². The predicted octanol–water partition coefficient (Wildman–Crippen LogP) is 3.36. The first kappa shape index (κ1) is 16.7. The van der Waals surface area contributed by atoms with Crippen LogP contribution in [0, 0.1) is 0 Å². The average molecular weight is 349 g/mol. The molecule has 0 atom stereocenters. The summed E-state index contributed by atoms with van der Waals surface area (Å²) in [5.74, 6) is -0.118. The Kier molecular flexibility index (Phi) is 4.30. The van der Waals surface area contributed by atoms with E-state index in [0.29, 0.717) is 12.4 Å². The fourth-order valence-electron chi connectivity index (χ4n) is 2.21. The number of halogens is 3. The van der Waals surface area contributed by atoms with Gasteiger partial charge in [-0.25, -0.2) is 4.98 Å². The number of hydrogen-bond donors (Lipinski definition) is 1. The van der Waals surface area contributed by atoms with Crippen LogP contribution in [0.4, 0.5) is 19.0 Å². The standard InChI is InChI=1S/C16H14F3N5O/c1-2-24-7-6-14(22-24)21-15(25)13-9-23(10-20-13)12-5-3-4-11(8-12)16(17,18)19/h3-10H,2H2,1H3,(H,21,22,25). The highest BCUT2D eigenvalue weighted by molar-refractivity contribution is 6.02. The number of carbonyl (C=O) groups is 1. The number of aromatic nitrogens is 4. The van der Waals surface area contributed by atoms with Crippen molar-refractivity contribution in [3.05, 3.63) is 60.3 Å². The van der Waals surface area contributed by atoms with Crippen LogP contribution in [-0.2, 0) is 12.7 Å². The summed E-state index contributed by atoms with van der Waals surface area (Å²) in [5.41, 5.74) is -0.435. The molecule has 0 spiro atoms. The molecule has 0 fully saturated rings. The number of benzene rings is 1. The second-order valence-corrected chi connectivity index (χ2v) is 5.23. The maximum atomic E-state index is 12.8. The van der Waals surface area contributed by atoms with Crippen LogP contribution in [0.25, 0.3) is 5.69 Å². The van der Waals surface area contributed by atoms with E-state index < -0.39 is 17.6 Å². The third kappa shape index (κ3) is 3.70. The highest BCUT2D eigenvalue weighted by Gasteiger charge is 2.30. The maximum absolute atomic E-state index is 12.8. The van der Waals surface area contributed by atoms with E-state index in [4.69, 9.17) is 0 Å². The number of imidazole rings is 1. The maximum Gasteiger partial charge on any atom is 0.416 e. The Balaban J connectivity index is 1.79. The molecule has 2 aromatic heterocycles. The molecule has 0 aliphatic rings. The number of carbonyl (C=O) groups excluding carboxylic acids is 1. The molecule has 3 rings (SSSR count). The quantitative estimate of drug-likeness (QED) is 0.785. The van der Waals surface area contributed by atoms with Gasteiger partial charge in [-0.15, -0.1) is 0 Å². The molecule has 9 heteroatoms. The normalized spacial score (nSPS) is 11.5.